The monoisotopic (exact) mass is 427 g/mol. The van der Waals surface area contributed by atoms with Gasteiger partial charge < -0.3 is 20.7 Å². The average molecular weight is 427 g/mol. The van der Waals surface area contributed by atoms with E-state index in [1.807, 2.05) is 0 Å². The van der Waals surface area contributed by atoms with Crippen LogP contribution in [-0.4, -0.2) is 36.8 Å². The van der Waals surface area contributed by atoms with Crippen LogP contribution in [0.5, 0.6) is 0 Å². The minimum absolute atomic E-state index is 0.0195. The second-order valence-corrected chi connectivity index (χ2v) is 7.16. The fraction of sp³-hybridized carbons (Fsp3) is 0.273. The summed E-state index contributed by atoms with van der Waals surface area (Å²) in [6, 6.07) is 11.3. The van der Waals surface area contributed by atoms with E-state index in [0.29, 0.717) is 11.4 Å². The number of esters is 1. The Balaban J connectivity index is 1.62. The van der Waals surface area contributed by atoms with Crippen LogP contribution in [0.4, 0.5) is 15.8 Å². The lowest BCUT2D eigenvalue weighted by atomic mass is 10.2. The van der Waals surface area contributed by atoms with Gasteiger partial charge in [0.05, 0.1) is 5.56 Å². The molecule has 0 aliphatic heterocycles. The molecule has 1 aliphatic carbocycles. The summed E-state index contributed by atoms with van der Waals surface area (Å²) in [6.45, 7) is -0.631. The number of benzene rings is 2. The van der Waals surface area contributed by atoms with Crippen molar-refractivity contribution >= 4 is 35.1 Å². The molecule has 31 heavy (non-hydrogen) atoms. The molecule has 162 valence electrons. The summed E-state index contributed by atoms with van der Waals surface area (Å²) >= 11 is 0. The topological polar surface area (TPSA) is 119 Å². The second-order valence-electron chi connectivity index (χ2n) is 7.16. The van der Waals surface area contributed by atoms with Crippen molar-refractivity contribution in [1.82, 2.24) is 0 Å². The molecule has 3 N–H and O–H groups in total. The Morgan fingerprint density at radius 2 is 1.81 bits per heavy atom. The Hall–Kier alpha value is -3.75. The normalized spacial score (nSPS) is 12.7. The van der Waals surface area contributed by atoms with E-state index in [1.54, 1.807) is 12.1 Å². The molecule has 0 bridgehead atoms. The van der Waals surface area contributed by atoms with Gasteiger partial charge in [-0.05, 0) is 55.3 Å². The summed E-state index contributed by atoms with van der Waals surface area (Å²) in [5, 5.41) is 2.74. The molecule has 3 amide bonds. The third kappa shape index (κ3) is 6.36. The van der Waals surface area contributed by atoms with Gasteiger partial charge in [-0.2, -0.15) is 0 Å². The number of nitrogens with one attached hydrogen (secondary N) is 1. The molecule has 0 aromatic heterocycles. The van der Waals surface area contributed by atoms with Crippen LogP contribution in [-0.2, 0) is 19.1 Å². The number of nitrogens with zero attached hydrogens (tertiary/aromatic N) is 1. The molecule has 0 radical (unpaired) electrons. The van der Waals surface area contributed by atoms with Crippen LogP contribution in [0.2, 0.25) is 0 Å². The maximum atomic E-state index is 13.2. The van der Waals surface area contributed by atoms with Crippen LogP contribution in [0.3, 0.4) is 0 Å². The van der Waals surface area contributed by atoms with Crippen LogP contribution in [0.1, 0.15) is 29.6 Å². The van der Waals surface area contributed by atoms with Gasteiger partial charge in [0.25, 0.3) is 5.91 Å². The number of anilines is 2. The number of hydrogen-bond donors (Lipinski definition) is 2. The molecule has 1 fully saturated rings. The Morgan fingerprint density at radius 3 is 2.45 bits per heavy atom. The highest BCUT2D eigenvalue weighted by Crippen LogP contribution is 2.30. The maximum Gasteiger partial charge on any atom is 0.338 e. The van der Waals surface area contributed by atoms with Crippen molar-refractivity contribution in [1.29, 1.82) is 0 Å². The molecule has 9 heteroatoms. The van der Waals surface area contributed by atoms with Crippen LogP contribution >= 0.6 is 0 Å². The van der Waals surface area contributed by atoms with Crippen molar-refractivity contribution in [2.75, 3.05) is 23.4 Å². The van der Waals surface area contributed by atoms with Gasteiger partial charge in [0.2, 0.25) is 11.8 Å². The third-order valence-corrected chi connectivity index (χ3v) is 4.66. The summed E-state index contributed by atoms with van der Waals surface area (Å²) in [4.78, 5) is 49.2. The van der Waals surface area contributed by atoms with Gasteiger partial charge in [-0.15, -0.1) is 0 Å². The number of carbonyl (C=O) groups is 4. The number of halogens is 1. The van der Waals surface area contributed by atoms with Crippen LogP contribution in [0.15, 0.2) is 48.5 Å². The first-order valence-corrected chi connectivity index (χ1v) is 9.76. The quantitative estimate of drug-likeness (QED) is 0.595. The van der Waals surface area contributed by atoms with Gasteiger partial charge in [-0.25, -0.2) is 9.18 Å². The van der Waals surface area contributed by atoms with Crippen molar-refractivity contribution in [3.63, 3.8) is 0 Å². The first-order chi connectivity index (χ1) is 14.8. The largest absolute Gasteiger partial charge is 0.452 e. The van der Waals surface area contributed by atoms with Crippen molar-refractivity contribution in [2.24, 2.45) is 11.7 Å². The number of nitrogens with two attached hydrogens (primary N) is 1. The van der Waals surface area contributed by atoms with Gasteiger partial charge >= 0.3 is 5.97 Å². The predicted molar refractivity (Wildman–Crippen MR) is 111 cm³/mol. The van der Waals surface area contributed by atoms with Gasteiger partial charge in [0, 0.05) is 30.3 Å². The minimum atomic E-state index is -0.746. The van der Waals surface area contributed by atoms with Gasteiger partial charge in [0.1, 0.15) is 5.82 Å². The van der Waals surface area contributed by atoms with E-state index in [0.717, 1.165) is 12.8 Å². The van der Waals surface area contributed by atoms with E-state index in [4.69, 9.17) is 10.5 Å². The van der Waals surface area contributed by atoms with E-state index in [9.17, 15) is 23.6 Å². The Kier molecular flexibility index (Phi) is 6.96. The first kappa shape index (κ1) is 21.9. The predicted octanol–water partition coefficient (Wildman–Crippen LogP) is 2.24. The molecule has 2 aromatic carbocycles. The number of carbonyl (C=O) groups excluding carboxylic acids is 4. The van der Waals surface area contributed by atoms with Gasteiger partial charge in [-0.1, -0.05) is 6.07 Å². The molecule has 0 saturated heterocycles. The van der Waals surface area contributed by atoms with E-state index >= 15 is 0 Å². The highest BCUT2D eigenvalue weighted by Gasteiger charge is 2.29. The van der Waals surface area contributed by atoms with Gasteiger partial charge in [0.15, 0.2) is 6.61 Å². The zero-order valence-electron chi connectivity index (χ0n) is 16.7. The SMILES string of the molecule is NC(=O)CCN(C(=O)COC(=O)c1cccc(NC(=O)C2CC2)c1)c1ccc(F)cc1. The van der Waals surface area contributed by atoms with Gasteiger partial charge in [-0.3, -0.25) is 14.4 Å². The highest BCUT2D eigenvalue weighted by atomic mass is 19.1. The molecule has 0 spiro atoms. The van der Waals surface area contributed by atoms with Crippen LogP contribution in [0, 0.1) is 11.7 Å². The number of ether oxygens (including phenoxy) is 1. The standard InChI is InChI=1S/C22H22FN3O5/c23-16-6-8-18(9-7-16)26(11-10-19(24)27)20(28)13-31-22(30)15-2-1-3-17(12-15)25-21(29)14-4-5-14/h1-3,6-9,12,14H,4-5,10-11,13H2,(H2,24,27)(H,25,29). The lowest BCUT2D eigenvalue weighted by molar-refractivity contribution is -0.122. The molecular formula is C22H22FN3O5. The minimum Gasteiger partial charge on any atom is -0.452 e. The Labute approximate surface area is 178 Å². The molecular weight excluding hydrogens is 405 g/mol. The molecule has 8 nitrogen and oxygen atoms in total. The number of primary amides is 1. The van der Waals surface area contributed by atoms with E-state index in [2.05, 4.69) is 5.32 Å². The summed E-state index contributed by atoms with van der Waals surface area (Å²) in [5.41, 5.74) is 6.14. The lowest BCUT2D eigenvalue weighted by Gasteiger charge is -2.22. The molecule has 0 unspecified atom stereocenters. The van der Waals surface area contributed by atoms with Crippen molar-refractivity contribution in [2.45, 2.75) is 19.3 Å². The fourth-order valence-corrected chi connectivity index (χ4v) is 2.84. The van der Waals surface area contributed by atoms with E-state index < -0.39 is 30.2 Å². The molecule has 2 aromatic rings. The zero-order valence-corrected chi connectivity index (χ0v) is 16.7. The number of amides is 3. The summed E-state index contributed by atoms with van der Waals surface area (Å²) in [5.74, 6) is -2.51. The van der Waals surface area contributed by atoms with Crippen LogP contribution in [0.25, 0.3) is 0 Å². The highest BCUT2D eigenvalue weighted by molar-refractivity contribution is 5.99. The van der Waals surface area contributed by atoms with E-state index in [-0.39, 0.29) is 30.4 Å². The molecule has 0 atom stereocenters. The second kappa shape index (κ2) is 9.84. The maximum absolute atomic E-state index is 13.2. The molecule has 1 saturated carbocycles. The summed E-state index contributed by atoms with van der Waals surface area (Å²) < 4.78 is 18.3. The smallest absolute Gasteiger partial charge is 0.338 e. The first-order valence-electron chi connectivity index (χ1n) is 9.76. The fourth-order valence-electron chi connectivity index (χ4n) is 2.84. The number of hydrogen-bond acceptors (Lipinski definition) is 5. The summed E-state index contributed by atoms with van der Waals surface area (Å²) in [6.07, 6.45) is 1.60. The van der Waals surface area contributed by atoms with Crippen molar-refractivity contribution in [3.8, 4) is 0 Å². The van der Waals surface area contributed by atoms with Crippen molar-refractivity contribution in [3.05, 3.63) is 59.9 Å². The number of rotatable bonds is 9. The Bertz CT molecular complexity index is 989. The third-order valence-electron chi connectivity index (χ3n) is 4.66. The zero-order chi connectivity index (χ0) is 22.4. The lowest BCUT2D eigenvalue weighted by Crippen LogP contribution is -2.37. The molecule has 1 aliphatic rings. The van der Waals surface area contributed by atoms with Crippen LogP contribution < -0.4 is 16.0 Å². The molecule has 0 heterocycles. The Morgan fingerprint density at radius 1 is 1.10 bits per heavy atom. The average Bonchev–Trinajstić information content (AvgIpc) is 3.59. The molecule has 3 rings (SSSR count). The van der Waals surface area contributed by atoms with E-state index in [1.165, 1.54) is 41.3 Å². The summed E-state index contributed by atoms with van der Waals surface area (Å²) in [7, 11) is 0. The van der Waals surface area contributed by atoms with Crippen molar-refractivity contribution < 1.29 is 28.3 Å².